The number of carbonyl (C=O) groups is 1. The molecule has 0 saturated heterocycles. The van der Waals surface area contributed by atoms with Crippen LogP contribution in [-0.2, 0) is 0 Å². The van der Waals surface area contributed by atoms with Crippen LogP contribution in [0.15, 0.2) is 146 Å². The largest absolute Gasteiger partial charge is 1.00 e. The van der Waals surface area contributed by atoms with Gasteiger partial charge in [-0.25, -0.2) is 23.1 Å². The average molecular weight is 758 g/mol. The zero-order valence-corrected chi connectivity index (χ0v) is 30.4. The Morgan fingerprint density at radius 2 is 1.13 bits per heavy atom. The van der Waals surface area contributed by atoms with Gasteiger partial charge in [0.1, 0.15) is 39.9 Å². The van der Waals surface area contributed by atoms with Gasteiger partial charge < -0.3 is 21.4 Å². The predicted molar refractivity (Wildman–Crippen MR) is 199 cm³/mol. The molecule has 8 aromatic rings. The number of aliphatic hydroxyl groups is 1. The Morgan fingerprint density at radius 3 is 1.58 bits per heavy atom. The minimum Gasteiger partial charge on any atom is -0.383 e. The van der Waals surface area contributed by atoms with Gasteiger partial charge in [0.05, 0.1) is 4.88 Å². The van der Waals surface area contributed by atoms with E-state index in [9.17, 15) is 23.1 Å². The van der Waals surface area contributed by atoms with E-state index in [-0.39, 0.29) is 36.3 Å². The molecule has 260 valence electrons. The Morgan fingerprint density at radius 1 is 0.623 bits per heavy atom. The normalized spacial score (nSPS) is 10.5. The van der Waals surface area contributed by atoms with Crippen LogP contribution in [0.2, 0.25) is 0 Å². The van der Waals surface area contributed by atoms with Crippen molar-refractivity contribution in [3.63, 3.8) is 0 Å². The molecule has 3 aromatic carbocycles. The van der Waals surface area contributed by atoms with E-state index < -0.39 is 6.10 Å². The number of thiazole rings is 3. The number of rotatable bonds is 6. The summed E-state index contributed by atoms with van der Waals surface area (Å²) in [6.45, 7) is 0. The van der Waals surface area contributed by atoms with Crippen LogP contribution >= 0.6 is 34.0 Å². The summed E-state index contributed by atoms with van der Waals surface area (Å²) in [7, 11) is 0. The van der Waals surface area contributed by atoms with Gasteiger partial charge in [0.2, 0.25) is 0 Å². The fraction of sp³-hybridized carbons (Fsp3) is 0.0256. The molecular weight excluding hydrogens is 731 g/mol. The minimum absolute atomic E-state index is 0. The number of aromatic nitrogens is 5. The van der Waals surface area contributed by atoms with Gasteiger partial charge in [-0.1, -0.05) is 23.9 Å². The Kier molecular flexibility index (Phi) is 16.4. The van der Waals surface area contributed by atoms with Crippen molar-refractivity contribution in [3.05, 3.63) is 185 Å². The fourth-order valence-electron chi connectivity index (χ4n) is 4.17. The van der Waals surface area contributed by atoms with Crippen LogP contribution in [0.25, 0.3) is 31.7 Å². The number of hydrogen-bond acceptors (Lipinski definition) is 10. The van der Waals surface area contributed by atoms with Gasteiger partial charge in [-0.15, -0.1) is 22.7 Å². The second-order valence-corrected chi connectivity index (χ2v) is 13.1. The van der Waals surface area contributed by atoms with Crippen molar-refractivity contribution in [3.8, 4) is 31.7 Å². The van der Waals surface area contributed by atoms with Crippen molar-refractivity contribution in [1.82, 2.24) is 24.9 Å². The van der Waals surface area contributed by atoms with Crippen LogP contribution in [0, 0.1) is 22.8 Å². The van der Waals surface area contributed by atoms with Crippen molar-refractivity contribution < 1.29 is 41.9 Å². The number of halogens is 3. The summed E-state index contributed by atoms with van der Waals surface area (Å²) in [6, 6.07) is 25.6. The molecular formula is C39H27F3LiN5O2S3. The first-order valence-corrected chi connectivity index (χ1v) is 17.8. The third kappa shape index (κ3) is 12.8. The first-order chi connectivity index (χ1) is 25.4. The van der Waals surface area contributed by atoms with E-state index in [1.165, 1.54) is 59.1 Å². The van der Waals surface area contributed by atoms with Crippen LogP contribution in [-0.4, -0.2) is 36.3 Å². The quantitative estimate of drug-likeness (QED) is 0.111. The topological polar surface area (TPSA) is 102 Å². The van der Waals surface area contributed by atoms with E-state index in [0.717, 1.165) is 48.4 Å². The standard InChI is InChI=1S/C15H11FN2OS.C9H6FNS.C9H5FNS.C6H5NO.Li/c16-12-3-1-11(2-4-12)15-18-9-13(20-15)14(19)10-5-7-17-8-6-10;2*10-8-3-1-7(2-4-8)9-11-5-6-12-9;8-5-6-1-3-7-4-2-6;/h1-9,14,19H;1-6H;1-5H;1-5H;/q;;-1;;+1. The Hall–Kier alpha value is -5.13. The van der Waals surface area contributed by atoms with Gasteiger partial charge in [-0.2, -0.15) is 5.38 Å². The molecule has 0 spiro atoms. The summed E-state index contributed by atoms with van der Waals surface area (Å²) < 4.78 is 37.9. The van der Waals surface area contributed by atoms with E-state index in [0.29, 0.717) is 5.56 Å². The molecule has 5 aromatic heterocycles. The molecule has 0 aliphatic heterocycles. The Balaban J connectivity index is 0.000000166. The second kappa shape index (κ2) is 21.4. The molecule has 53 heavy (non-hydrogen) atoms. The molecule has 0 aliphatic carbocycles. The molecule has 7 nitrogen and oxygen atoms in total. The molecule has 14 heteroatoms. The maximum Gasteiger partial charge on any atom is 1.00 e. The van der Waals surface area contributed by atoms with Gasteiger partial charge in [0.15, 0.2) is 0 Å². The van der Waals surface area contributed by atoms with Gasteiger partial charge in [0.25, 0.3) is 0 Å². The molecule has 0 aliphatic rings. The second-order valence-electron chi connectivity index (χ2n) is 10.3. The van der Waals surface area contributed by atoms with Crippen LogP contribution in [0.4, 0.5) is 13.2 Å². The summed E-state index contributed by atoms with van der Waals surface area (Å²) in [5.41, 5.74) is 4.17. The molecule has 1 unspecified atom stereocenters. The van der Waals surface area contributed by atoms with Crippen molar-refractivity contribution in [2.45, 2.75) is 6.10 Å². The predicted octanol–water partition coefficient (Wildman–Crippen LogP) is 7.02. The fourth-order valence-corrected chi connectivity index (χ4v) is 6.33. The van der Waals surface area contributed by atoms with Crippen LogP contribution in [0.3, 0.4) is 0 Å². The summed E-state index contributed by atoms with van der Waals surface area (Å²) in [5.74, 6) is -0.711. The molecule has 1 atom stereocenters. The number of aldehydes is 1. The Labute approximate surface area is 327 Å². The summed E-state index contributed by atoms with van der Waals surface area (Å²) in [4.78, 5) is 30.8. The first kappa shape index (κ1) is 40.6. The number of carbonyl (C=O) groups excluding carboxylic acids is 1. The number of hydrogen-bond donors (Lipinski definition) is 1. The maximum absolute atomic E-state index is 12.9. The zero-order valence-electron chi connectivity index (χ0n) is 28.0. The molecule has 0 amide bonds. The molecule has 0 bridgehead atoms. The van der Waals surface area contributed by atoms with Gasteiger partial charge in [0, 0.05) is 59.3 Å². The average Bonchev–Trinajstić information content (AvgIpc) is 4.02. The van der Waals surface area contributed by atoms with Crippen molar-refractivity contribution >= 4 is 40.3 Å². The first-order valence-electron chi connectivity index (χ1n) is 15.3. The minimum atomic E-state index is -0.718. The van der Waals surface area contributed by atoms with E-state index in [4.69, 9.17) is 0 Å². The van der Waals surface area contributed by atoms with Crippen LogP contribution in [0.5, 0.6) is 0 Å². The van der Waals surface area contributed by atoms with Crippen LogP contribution in [0.1, 0.15) is 26.9 Å². The molecule has 0 saturated carbocycles. The number of nitrogens with zero attached hydrogens (tertiary/aromatic N) is 5. The zero-order chi connectivity index (χ0) is 36.5. The maximum atomic E-state index is 12.9. The van der Waals surface area contributed by atoms with Crippen molar-refractivity contribution in [2.24, 2.45) is 0 Å². The third-order valence-electron chi connectivity index (χ3n) is 6.75. The SMILES string of the molecule is Fc1ccc(-c2nc[c-]s2)cc1.Fc1ccc(-c2nccs2)cc1.O=Cc1ccncc1.OC(c1ccncc1)c1cnc(-c2ccc(F)cc2)s1.[Li+]. The summed E-state index contributed by atoms with van der Waals surface area (Å²) >= 11 is 4.36. The van der Waals surface area contributed by atoms with E-state index in [2.05, 4.69) is 30.3 Å². The molecule has 8 rings (SSSR count). The molecule has 5 heterocycles. The van der Waals surface area contributed by atoms with E-state index in [1.54, 1.807) is 115 Å². The number of pyridine rings is 2. The number of aliphatic hydroxyl groups excluding tert-OH is 1. The molecule has 0 fully saturated rings. The smallest absolute Gasteiger partial charge is 0.383 e. The monoisotopic (exact) mass is 757 g/mol. The Bertz CT molecular complexity index is 2120. The van der Waals surface area contributed by atoms with E-state index >= 15 is 0 Å². The molecule has 1 N–H and O–H groups in total. The van der Waals surface area contributed by atoms with Crippen molar-refractivity contribution in [1.29, 1.82) is 0 Å². The van der Waals surface area contributed by atoms with Gasteiger partial charge in [-0.05, 0) is 95.5 Å². The molecule has 0 radical (unpaired) electrons. The van der Waals surface area contributed by atoms with Crippen LogP contribution < -0.4 is 18.9 Å². The number of benzene rings is 3. The van der Waals surface area contributed by atoms with Gasteiger partial charge >= 0.3 is 18.9 Å². The van der Waals surface area contributed by atoms with Crippen molar-refractivity contribution in [2.75, 3.05) is 0 Å². The summed E-state index contributed by atoms with van der Waals surface area (Å²) in [5, 5.41) is 17.6. The third-order valence-corrected chi connectivity index (χ3v) is 9.43. The van der Waals surface area contributed by atoms with Gasteiger partial charge in [-0.3, -0.25) is 14.8 Å². The summed E-state index contributed by atoms with van der Waals surface area (Å²) in [6.07, 6.45) is 11.5. The van der Waals surface area contributed by atoms with E-state index in [1.807, 2.05) is 5.38 Å².